The summed E-state index contributed by atoms with van der Waals surface area (Å²) < 4.78 is 13.2. The number of amides is 2. The van der Waals surface area contributed by atoms with Gasteiger partial charge in [-0.1, -0.05) is 12.1 Å². The van der Waals surface area contributed by atoms with Gasteiger partial charge in [0, 0.05) is 32.4 Å². The van der Waals surface area contributed by atoms with Gasteiger partial charge in [0.2, 0.25) is 5.91 Å². The summed E-state index contributed by atoms with van der Waals surface area (Å²) in [6.45, 7) is 3.84. The average molecular weight is 322 g/mol. The number of halogens is 1. The number of nitrogens with zero attached hydrogens (tertiary/aromatic N) is 1. The molecule has 0 radical (unpaired) electrons. The van der Waals surface area contributed by atoms with E-state index in [0.29, 0.717) is 6.54 Å². The number of rotatable bonds is 5. The van der Waals surface area contributed by atoms with E-state index >= 15 is 0 Å². The molecule has 1 heterocycles. The standard InChI is InChI=1S/C17H24FN3O2/c1-12(21-8-6-14(7-9-21)16(19)22)17(23)20(2)11-13-4-3-5-15(18)10-13/h3-5,10,12,14H,6-9,11H2,1-2H3,(H2,19,22)/p+1/t12-/m1/s1. The van der Waals surface area contributed by atoms with Crippen LogP contribution in [0.3, 0.4) is 0 Å². The molecule has 1 aliphatic heterocycles. The Hall–Kier alpha value is -1.95. The van der Waals surface area contributed by atoms with Crippen LogP contribution in [0.15, 0.2) is 24.3 Å². The van der Waals surface area contributed by atoms with E-state index in [1.165, 1.54) is 17.0 Å². The van der Waals surface area contributed by atoms with Crippen molar-refractivity contribution in [1.29, 1.82) is 0 Å². The van der Waals surface area contributed by atoms with E-state index in [4.69, 9.17) is 5.73 Å². The monoisotopic (exact) mass is 322 g/mol. The largest absolute Gasteiger partial charge is 0.369 e. The maximum atomic E-state index is 13.2. The van der Waals surface area contributed by atoms with Gasteiger partial charge in [-0.05, 0) is 24.6 Å². The van der Waals surface area contributed by atoms with Crippen molar-refractivity contribution in [2.24, 2.45) is 11.7 Å². The lowest BCUT2D eigenvalue weighted by Gasteiger charge is -2.33. The molecule has 2 amide bonds. The molecule has 0 unspecified atom stereocenters. The second-order valence-corrected chi connectivity index (χ2v) is 6.38. The number of hydrogen-bond acceptors (Lipinski definition) is 2. The van der Waals surface area contributed by atoms with E-state index in [1.54, 1.807) is 18.0 Å². The van der Waals surface area contributed by atoms with Crippen molar-refractivity contribution >= 4 is 11.8 Å². The fraction of sp³-hybridized carbons (Fsp3) is 0.529. The van der Waals surface area contributed by atoms with Crippen molar-refractivity contribution in [3.05, 3.63) is 35.6 Å². The van der Waals surface area contributed by atoms with E-state index in [2.05, 4.69) is 0 Å². The summed E-state index contributed by atoms with van der Waals surface area (Å²) in [7, 11) is 1.74. The molecule has 1 fully saturated rings. The number of quaternary nitrogens is 1. The van der Waals surface area contributed by atoms with Gasteiger partial charge in [0.15, 0.2) is 6.04 Å². The van der Waals surface area contributed by atoms with Crippen molar-refractivity contribution in [3.8, 4) is 0 Å². The Bertz CT molecular complexity index is 571. The van der Waals surface area contributed by atoms with Crippen LogP contribution >= 0.6 is 0 Å². The van der Waals surface area contributed by atoms with E-state index in [-0.39, 0.29) is 29.6 Å². The highest BCUT2D eigenvalue weighted by Crippen LogP contribution is 2.10. The van der Waals surface area contributed by atoms with Gasteiger partial charge < -0.3 is 15.5 Å². The van der Waals surface area contributed by atoms with Crippen LogP contribution in [0.2, 0.25) is 0 Å². The Morgan fingerprint density at radius 1 is 1.39 bits per heavy atom. The fourth-order valence-electron chi connectivity index (χ4n) is 3.20. The number of likely N-dealkylation sites (tertiary alicyclic amines) is 1. The molecular formula is C17H25FN3O2+. The fourth-order valence-corrected chi connectivity index (χ4v) is 3.20. The van der Waals surface area contributed by atoms with Gasteiger partial charge in [-0.25, -0.2) is 4.39 Å². The molecule has 1 atom stereocenters. The number of likely N-dealkylation sites (N-methyl/N-ethyl adjacent to an activating group) is 1. The van der Waals surface area contributed by atoms with E-state index in [0.717, 1.165) is 31.5 Å². The summed E-state index contributed by atoms with van der Waals surface area (Å²) in [6.07, 6.45) is 1.46. The maximum Gasteiger partial charge on any atom is 0.280 e. The quantitative estimate of drug-likeness (QED) is 0.798. The summed E-state index contributed by atoms with van der Waals surface area (Å²) in [5.41, 5.74) is 6.11. The van der Waals surface area contributed by atoms with Crippen LogP contribution in [0, 0.1) is 11.7 Å². The van der Waals surface area contributed by atoms with Gasteiger partial charge >= 0.3 is 0 Å². The average Bonchev–Trinajstić information content (AvgIpc) is 2.53. The van der Waals surface area contributed by atoms with Crippen molar-refractivity contribution < 1.29 is 18.9 Å². The third-order valence-corrected chi connectivity index (χ3v) is 4.70. The normalized spacial score (nSPS) is 22.4. The second-order valence-electron chi connectivity index (χ2n) is 6.38. The van der Waals surface area contributed by atoms with Gasteiger partial charge in [-0.2, -0.15) is 0 Å². The van der Waals surface area contributed by atoms with E-state index in [9.17, 15) is 14.0 Å². The summed E-state index contributed by atoms with van der Waals surface area (Å²) >= 11 is 0. The predicted octanol–water partition coefficient (Wildman–Crippen LogP) is -0.0472. The molecule has 0 saturated carbocycles. The molecule has 1 aliphatic rings. The van der Waals surface area contributed by atoms with Gasteiger partial charge in [0.05, 0.1) is 13.1 Å². The number of piperidine rings is 1. The first-order valence-electron chi connectivity index (χ1n) is 8.01. The van der Waals surface area contributed by atoms with Crippen LogP contribution in [-0.4, -0.2) is 42.9 Å². The number of carbonyl (C=O) groups excluding carboxylic acids is 2. The Kier molecular flexibility index (Phi) is 5.71. The zero-order chi connectivity index (χ0) is 17.0. The first-order valence-corrected chi connectivity index (χ1v) is 8.01. The smallest absolute Gasteiger partial charge is 0.280 e. The lowest BCUT2D eigenvalue weighted by molar-refractivity contribution is -0.920. The number of nitrogens with one attached hydrogen (secondary N) is 1. The first kappa shape index (κ1) is 17.4. The van der Waals surface area contributed by atoms with Crippen LogP contribution in [-0.2, 0) is 16.1 Å². The molecule has 1 saturated heterocycles. The molecule has 5 nitrogen and oxygen atoms in total. The summed E-state index contributed by atoms with van der Waals surface area (Å²) in [5.74, 6) is -0.574. The molecule has 1 aromatic carbocycles. The number of hydrogen-bond donors (Lipinski definition) is 2. The maximum absolute atomic E-state index is 13.2. The molecule has 3 N–H and O–H groups in total. The molecule has 0 aromatic heterocycles. The van der Waals surface area contributed by atoms with Crippen molar-refractivity contribution in [1.82, 2.24) is 4.90 Å². The Labute approximate surface area is 136 Å². The predicted molar refractivity (Wildman–Crippen MR) is 85.0 cm³/mol. The molecule has 1 aromatic rings. The third-order valence-electron chi connectivity index (χ3n) is 4.70. The molecule has 126 valence electrons. The van der Waals surface area contributed by atoms with Gasteiger partial charge in [0.25, 0.3) is 5.91 Å². The highest BCUT2D eigenvalue weighted by Gasteiger charge is 2.33. The van der Waals surface area contributed by atoms with Crippen LogP contribution in [0.4, 0.5) is 4.39 Å². The lowest BCUT2D eigenvalue weighted by Crippen LogP contribution is -3.17. The minimum atomic E-state index is -0.296. The topological polar surface area (TPSA) is 67.8 Å². The van der Waals surface area contributed by atoms with Crippen molar-refractivity contribution in [3.63, 3.8) is 0 Å². The van der Waals surface area contributed by atoms with Gasteiger partial charge in [-0.15, -0.1) is 0 Å². The van der Waals surface area contributed by atoms with E-state index in [1.807, 2.05) is 13.0 Å². The minimum Gasteiger partial charge on any atom is -0.369 e. The van der Waals surface area contributed by atoms with Crippen molar-refractivity contribution in [2.75, 3.05) is 20.1 Å². The van der Waals surface area contributed by atoms with Crippen LogP contribution < -0.4 is 10.6 Å². The first-order chi connectivity index (χ1) is 10.9. The zero-order valence-corrected chi connectivity index (χ0v) is 13.7. The van der Waals surface area contributed by atoms with Crippen molar-refractivity contribution in [2.45, 2.75) is 32.4 Å². The molecule has 0 bridgehead atoms. The number of benzene rings is 1. The second kappa shape index (κ2) is 7.55. The zero-order valence-electron chi connectivity index (χ0n) is 13.7. The molecule has 6 heteroatoms. The van der Waals surface area contributed by atoms with Crippen LogP contribution in [0.25, 0.3) is 0 Å². The van der Waals surface area contributed by atoms with Crippen LogP contribution in [0.5, 0.6) is 0 Å². The van der Waals surface area contributed by atoms with Crippen LogP contribution in [0.1, 0.15) is 25.3 Å². The number of nitrogens with two attached hydrogens (primary N) is 1. The molecular weight excluding hydrogens is 297 g/mol. The Morgan fingerprint density at radius 3 is 2.61 bits per heavy atom. The minimum absolute atomic E-state index is 0.0294. The highest BCUT2D eigenvalue weighted by molar-refractivity contribution is 5.80. The van der Waals surface area contributed by atoms with Gasteiger partial charge in [0.1, 0.15) is 5.82 Å². The highest BCUT2D eigenvalue weighted by atomic mass is 19.1. The third kappa shape index (κ3) is 4.51. The number of carbonyl (C=O) groups is 2. The summed E-state index contributed by atoms with van der Waals surface area (Å²) in [5, 5.41) is 0. The van der Waals surface area contributed by atoms with Gasteiger partial charge in [-0.3, -0.25) is 9.59 Å². The SMILES string of the molecule is C[C@H](C(=O)N(C)Cc1cccc(F)c1)[NH+]1CCC(C(N)=O)CC1. The summed E-state index contributed by atoms with van der Waals surface area (Å²) in [6, 6.07) is 6.11. The molecule has 0 spiro atoms. The molecule has 0 aliphatic carbocycles. The summed E-state index contributed by atoms with van der Waals surface area (Å²) in [4.78, 5) is 26.6. The molecule has 23 heavy (non-hydrogen) atoms. The lowest BCUT2D eigenvalue weighted by atomic mass is 9.95. The Morgan fingerprint density at radius 2 is 2.04 bits per heavy atom. The Balaban J connectivity index is 1.90. The molecule has 2 rings (SSSR count). The number of primary amides is 1. The van der Waals surface area contributed by atoms with E-state index < -0.39 is 0 Å².